The van der Waals surface area contributed by atoms with Crippen molar-refractivity contribution in [1.82, 2.24) is 5.32 Å². The molecule has 0 aromatic rings. The van der Waals surface area contributed by atoms with Gasteiger partial charge in [0.15, 0.2) is 0 Å². The van der Waals surface area contributed by atoms with Crippen LogP contribution in [-0.2, 0) is 19.1 Å². The second kappa shape index (κ2) is 39.3. The number of carboxylic acid groups (broad SMARTS) is 1. The number of hydrogen-bond acceptors (Lipinski definition) is 5. The monoisotopic (exact) mass is 727 g/mol. The molecule has 0 bridgehead atoms. The fourth-order valence-corrected chi connectivity index (χ4v) is 5.91. The topological polar surface area (TPSA) is 119 Å². The molecule has 0 heterocycles. The maximum atomic E-state index is 12.8. The smallest absolute Gasteiger partial charge is 0.326 e. The van der Waals surface area contributed by atoms with E-state index in [1.165, 1.54) is 38.5 Å². The van der Waals surface area contributed by atoms with Crippen molar-refractivity contribution in [2.45, 2.75) is 199 Å². The summed E-state index contributed by atoms with van der Waals surface area (Å²) in [5.74, 6) is -1.29. The van der Waals surface area contributed by atoms with E-state index in [9.17, 15) is 19.5 Å². The fourth-order valence-electron chi connectivity index (χ4n) is 5.91. The van der Waals surface area contributed by atoms with Crippen LogP contribution in [0.5, 0.6) is 0 Å². The van der Waals surface area contributed by atoms with Crippen molar-refractivity contribution in [3.05, 3.63) is 60.8 Å². The summed E-state index contributed by atoms with van der Waals surface area (Å²) < 4.78 is 6.00. The third-order valence-corrected chi connectivity index (χ3v) is 9.07. The highest BCUT2D eigenvalue weighted by molar-refractivity contribution is 5.83. The summed E-state index contributed by atoms with van der Waals surface area (Å²) in [6.45, 7) is 4.79. The number of esters is 1. The van der Waals surface area contributed by atoms with Crippen molar-refractivity contribution in [2.24, 2.45) is 5.73 Å². The Morgan fingerprint density at radius 1 is 0.577 bits per heavy atom. The summed E-state index contributed by atoms with van der Waals surface area (Å²) in [6, 6.07) is -0.864. The van der Waals surface area contributed by atoms with Crippen molar-refractivity contribution in [3.8, 4) is 0 Å². The van der Waals surface area contributed by atoms with E-state index < -0.39 is 12.0 Å². The number of amides is 1. The summed E-state index contributed by atoms with van der Waals surface area (Å²) in [6.07, 6.45) is 48.3. The molecular weight excluding hydrogens is 649 g/mol. The van der Waals surface area contributed by atoms with E-state index in [1.807, 2.05) is 0 Å². The molecule has 4 N–H and O–H groups in total. The first-order valence-electron chi connectivity index (χ1n) is 21.1. The first kappa shape index (κ1) is 49.1. The van der Waals surface area contributed by atoms with Crippen LogP contribution in [0, 0.1) is 0 Å². The number of carbonyl (C=O) groups excluding carboxylic acids is 2. The highest BCUT2D eigenvalue weighted by Gasteiger charge is 2.19. The summed E-state index contributed by atoms with van der Waals surface area (Å²) in [5, 5.41) is 11.9. The SMILES string of the molecule is CC/C=C\C/C=C\C/C=C\CCCCCCCC(=O)OC(CCC/C=C\C/C=C\CCCCC)CCCCCCCC(=O)NC(CCCN)C(=O)O. The van der Waals surface area contributed by atoms with Crippen LogP contribution in [-0.4, -0.2) is 41.6 Å². The van der Waals surface area contributed by atoms with Gasteiger partial charge < -0.3 is 20.9 Å². The lowest BCUT2D eigenvalue weighted by atomic mass is 10.0. The lowest BCUT2D eigenvalue weighted by molar-refractivity contribution is -0.150. The molecule has 0 radical (unpaired) electrons. The van der Waals surface area contributed by atoms with Crippen LogP contribution in [0.25, 0.3) is 0 Å². The van der Waals surface area contributed by atoms with Crippen LogP contribution < -0.4 is 11.1 Å². The number of unbranched alkanes of at least 4 members (excludes halogenated alkanes) is 13. The van der Waals surface area contributed by atoms with E-state index in [1.54, 1.807) is 0 Å². The quantitative estimate of drug-likeness (QED) is 0.0333. The number of carbonyl (C=O) groups is 3. The Bertz CT molecular complexity index is 1000. The molecule has 0 saturated carbocycles. The molecule has 0 saturated heterocycles. The number of carboxylic acids is 1. The number of hydrogen-bond donors (Lipinski definition) is 3. The molecule has 2 unspecified atom stereocenters. The first-order chi connectivity index (χ1) is 25.4. The van der Waals surface area contributed by atoms with Gasteiger partial charge in [0.2, 0.25) is 5.91 Å². The highest BCUT2D eigenvalue weighted by Crippen LogP contribution is 2.17. The second-order valence-electron chi connectivity index (χ2n) is 14.0. The highest BCUT2D eigenvalue weighted by atomic mass is 16.5. The maximum absolute atomic E-state index is 12.8. The Hall–Kier alpha value is -2.93. The van der Waals surface area contributed by atoms with Gasteiger partial charge in [-0.2, -0.15) is 0 Å². The average Bonchev–Trinajstić information content (AvgIpc) is 3.13. The van der Waals surface area contributed by atoms with Crippen LogP contribution in [0.1, 0.15) is 187 Å². The Morgan fingerprint density at radius 2 is 1.08 bits per heavy atom. The predicted octanol–water partition coefficient (Wildman–Crippen LogP) is 11.8. The molecule has 0 aliphatic rings. The van der Waals surface area contributed by atoms with E-state index >= 15 is 0 Å². The minimum atomic E-state index is -1.01. The minimum Gasteiger partial charge on any atom is -0.480 e. The molecule has 7 nitrogen and oxygen atoms in total. The number of nitrogens with one attached hydrogen (secondary N) is 1. The van der Waals surface area contributed by atoms with Crippen molar-refractivity contribution < 1.29 is 24.2 Å². The summed E-state index contributed by atoms with van der Waals surface area (Å²) in [4.78, 5) is 36.3. The molecule has 0 aromatic heterocycles. The van der Waals surface area contributed by atoms with Crippen molar-refractivity contribution in [2.75, 3.05) is 6.54 Å². The normalized spacial score (nSPS) is 13.3. The number of rotatable bonds is 37. The molecule has 2 atom stereocenters. The first-order valence-corrected chi connectivity index (χ1v) is 21.1. The summed E-state index contributed by atoms with van der Waals surface area (Å²) in [7, 11) is 0. The molecule has 0 aliphatic heterocycles. The Kier molecular flexibility index (Phi) is 37.1. The van der Waals surface area contributed by atoms with Gasteiger partial charge in [-0.25, -0.2) is 4.79 Å². The van der Waals surface area contributed by atoms with E-state index in [2.05, 4.69) is 79.9 Å². The Balaban J connectivity index is 4.41. The molecule has 1 amide bonds. The molecule has 7 heteroatoms. The average molecular weight is 727 g/mol. The molecule has 0 fully saturated rings. The van der Waals surface area contributed by atoms with Crippen LogP contribution >= 0.6 is 0 Å². The standard InChI is InChI=1S/C45H78N2O5/c1-3-5-7-9-11-13-15-16-17-18-20-22-24-29-33-39-44(49)52-41(35-30-26-23-21-19-14-12-10-8-6-4-2)36-31-27-25-28-32-38-43(48)47-42(45(50)51)37-34-40-46/h5,7,11-14,16-17,21,23,41-42H,3-4,6,8-10,15,18-20,22,24-40,46H2,1-2H3,(H,47,48)(H,50,51)/b7-5-,13-11-,14-12-,17-16-,23-21-. The van der Waals surface area contributed by atoms with Gasteiger partial charge in [0.05, 0.1) is 0 Å². The number of nitrogens with two attached hydrogens (primary N) is 1. The molecule has 0 spiro atoms. The zero-order chi connectivity index (χ0) is 38.2. The van der Waals surface area contributed by atoms with Gasteiger partial charge in [0.1, 0.15) is 12.1 Å². The Morgan fingerprint density at radius 3 is 1.67 bits per heavy atom. The molecule has 0 aromatic carbocycles. The number of aliphatic carboxylic acids is 1. The van der Waals surface area contributed by atoms with Crippen LogP contribution in [0.3, 0.4) is 0 Å². The zero-order valence-corrected chi connectivity index (χ0v) is 33.4. The van der Waals surface area contributed by atoms with Gasteiger partial charge in [-0.15, -0.1) is 0 Å². The van der Waals surface area contributed by atoms with Gasteiger partial charge in [0.25, 0.3) is 0 Å². The van der Waals surface area contributed by atoms with Gasteiger partial charge in [-0.3, -0.25) is 9.59 Å². The van der Waals surface area contributed by atoms with Gasteiger partial charge >= 0.3 is 11.9 Å². The van der Waals surface area contributed by atoms with Crippen LogP contribution in [0.15, 0.2) is 60.8 Å². The lowest BCUT2D eigenvalue weighted by Gasteiger charge is -2.18. The number of allylic oxidation sites excluding steroid dienone is 10. The molecule has 0 aliphatic carbocycles. The summed E-state index contributed by atoms with van der Waals surface area (Å²) in [5.41, 5.74) is 5.48. The zero-order valence-electron chi connectivity index (χ0n) is 33.4. The van der Waals surface area contributed by atoms with E-state index in [0.29, 0.717) is 32.2 Å². The summed E-state index contributed by atoms with van der Waals surface area (Å²) >= 11 is 0. The molecule has 0 rings (SSSR count). The molecule has 52 heavy (non-hydrogen) atoms. The largest absolute Gasteiger partial charge is 0.480 e. The van der Waals surface area contributed by atoms with Gasteiger partial charge in [-0.1, -0.05) is 126 Å². The number of ether oxygens (including phenoxy) is 1. The maximum Gasteiger partial charge on any atom is 0.326 e. The van der Waals surface area contributed by atoms with Gasteiger partial charge in [0, 0.05) is 12.8 Å². The predicted molar refractivity (Wildman–Crippen MR) is 220 cm³/mol. The third-order valence-electron chi connectivity index (χ3n) is 9.07. The van der Waals surface area contributed by atoms with Crippen molar-refractivity contribution in [3.63, 3.8) is 0 Å². The second-order valence-corrected chi connectivity index (χ2v) is 14.0. The lowest BCUT2D eigenvalue weighted by Crippen LogP contribution is -2.40. The van der Waals surface area contributed by atoms with Crippen molar-refractivity contribution >= 4 is 17.8 Å². The van der Waals surface area contributed by atoms with Gasteiger partial charge in [-0.05, 0) is 116 Å². The van der Waals surface area contributed by atoms with E-state index in [0.717, 1.165) is 109 Å². The van der Waals surface area contributed by atoms with Crippen LogP contribution in [0.2, 0.25) is 0 Å². The van der Waals surface area contributed by atoms with Crippen molar-refractivity contribution in [1.29, 1.82) is 0 Å². The van der Waals surface area contributed by atoms with E-state index in [4.69, 9.17) is 10.5 Å². The van der Waals surface area contributed by atoms with E-state index in [-0.39, 0.29) is 18.0 Å². The molecule has 298 valence electrons. The third kappa shape index (κ3) is 35.5. The fraction of sp³-hybridized carbons (Fsp3) is 0.711. The minimum absolute atomic E-state index is 0.0407. The Labute approximate surface area is 319 Å². The molecular formula is C45H78N2O5. The van der Waals surface area contributed by atoms with Crippen LogP contribution in [0.4, 0.5) is 0 Å².